The summed E-state index contributed by atoms with van der Waals surface area (Å²) in [7, 11) is 0. The molecule has 0 unspecified atom stereocenters. The molecule has 0 aliphatic carbocycles. The van der Waals surface area contributed by atoms with Gasteiger partial charge in [-0.25, -0.2) is 0 Å². The number of hydrogen-bond donors (Lipinski definition) is 2. The molecule has 100 valence electrons. The highest BCUT2D eigenvalue weighted by molar-refractivity contribution is 6.35. The molecule has 5 heteroatoms. The van der Waals surface area contributed by atoms with Crippen molar-refractivity contribution in [3.8, 4) is 0 Å². The molecule has 0 rings (SSSR count). The zero-order valence-corrected chi connectivity index (χ0v) is 11.2. The molecule has 0 saturated heterocycles. The van der Waals surface area contributed by atoms with Crippen LogP contribution < -0.4 is 10.6 Å². The molecule has 2 amide bonds. The SMILES string of the molecule is CCCCNC(=O)C(=O)NCCN(CC)CC. The lowest BCUT2D eigenvalue weighted by atomic mass is 10.3. The molecule has 0 saturated carbocycles. The normalized spacial score (nSPS) is 10.4. The molecule has 0 aliphatic rings. The summed E-state index contributed by atoms with van der Waals surface area (Å²) in [5, 5.41) is 5.20. The average molecular weight is 243 g/mol. The highest BCUT2D eigenvalue weighted by Gasteiger charge is 2.11. The number of amides is 2. The Morgan fingerprint density at radius 2 is 1.47 bits per heavy atom. The van der Waals surface area contributed by atoms with Crippen molar-refractivity contribution in [3.63, 3.8) is 0 Å². The number of nitrogens with zero attached hydrogens (tertiary/aromatic N) is 1. The van der Waals surface area contributed by atoms with Crippen molar-refractivity contribution in [1.29, 1.82) is 0 Å². The summed E-state index contributed by atoms with van der Waals surface area (Å²) in [6.45, 7) is 9.95. The molecule has 0 aromatic carbocycles. The molecule has 0 aromatic heterocycles. The van der Waals surface area contributed by atoms with Gasteiger partial charge in [0.05, 0.1) is 0 Å². The highest BCUT2D eigenvalue weighted by Crippen LogP contribution is 1.85. The van der Waals surface area contributed by atoms with Gasteiger partial charge >= 0.3 is 11.8 Å². The Kier molecular flexibility index (Phi) is 9.43. The minimum Gasteiger partial charge on any atom is -0.348 e. The smallest absolute Gasteiger partial charge is 0.309 e. The maximum atomic E-state index is 11.4. The predicted molar refractivity (Wildman–Crippen MR) is 68.7 cm³/mol. The number of hydrogen-bond acceptors (Lipinski definition) is 3. The summed E-state index contributed by atoms with van der Waals surface area (Å²) in [6, 6.07) is 0. The maximum absolute atomic E-state index is 11.4. The van der Waals surface area contributed by atoms with Crippen molar-refractivity contribution >= 4 is 11.8 Å². The van der Waals surface area contributed by atoms with Gasteiger partial charge in [0.2, 0.25) is 0 Å². The first-order valence-electron chi connectivity index (χ1n) is 6.44. The Bertz CT molecular complexity index is 228. The van der Waals surface area contributed by atoms with E-state index in [1.807, 2.05) is 6.92 Å². The molecule has 0 heterocycles. The molecular formula is C12H25N3O2. The summed E-state index contributed by atoms with van der Waals surface area (Å²) >= 11 is 0. The van der Waals surface area contributed by atoms with Crippen LogP contribution in [0.5, 0.6) is 0 Å². The molecule has 0 fully saturated rings. The lowest BCUT2D eigenvalue weighted by Gasteiger charge is -2.17. The zero-order chi connectivity index (χ0) is 13.1. The van der Waals surface area contributed by atoms with Crippen LogP contribution in [0.2, 0.25) is 0 Å². The van der Waals surface area contributed by atoms with Crippen molar-refractivity contribution in [2.24, 2.45) is 0 Å². The van der Waals surface area contributed by atoms with Crippen LogP contribution in [0.3, 0.4) is 0 Å². The molecule has 17 heavy (non-hydrogen) atoms. The predicted octanol–water partition coefficient (Wildman–Crippen LogP) is 0.361. The van der Waals surface area contributed by atoms with Gasteiger partial charge in [0.1, 0.15) is 0 Å². The largest absolute Gasteiger partial charge is 0.348 e. The lowest BCUT2D eigenvalue weighted by molar-refractivity contribution is -0.139. The van der Waals surface area contributed by atoms with Crippen LogP contribution in [0, 0.1) is 0 Å². The van der Waals surface area contributed by atoms with Crippen LogP contribution >= 0.6 is 0 Å². The maximum Gasteiger partial charge on any atom is 0.309 e. The van der Waals surface area contributed by atoms with Crippen molar-refractivity contribution < 1.29 is 9.59 Å². The second-order valence-corrected chi connectivity index (χ2v) is 3.89. The van der Waals surface area contributed by atoms with Crippen molar-refractivity contribution in [2.75, 3.05) is 32.7 Å². The second-order valence-electron chi connectivity index (χ2n) is 3.89. The van der Waals surface area contributed by atoms with E-state index in [0.717, 1.165) is 32.5 Å². The molecule has 0 spiro atoms. The van der Waals surface area contributed by atoms with Gasteiger partial charge in [0, 0.05) is 19.6 Å². The fourth-order valence-corrected chi connectivity index (χ4v) is 1.41. The fourth-order valence-electron chi connectivity index (χ4n) is 1.41. The number of rotatable bonds is 8. The van der Waals surface area contributed by atoms with Crippen LogP contribution in [-0.2, 0) is 9.59 Å². The number of carbonyl (C=O) groups excluding carboxylic acids is 2. The molecule has 0 radical (unpaired) electrons. The Morgan fingerprint density at radius 3 is 1.94 bits per heavy atom. The van der Waals surface area contributed by atoms with E-state index in [0.29, 0.717) is 13.1 Å². The van der Waals surface area contributed by atoms with Crippen molar-refractivity contribution in [3.05, 3.63) is 0 Å². The number of unbranched alkanes of at least 4 members (excludes halogenated alkanes) is 1. The van der Waals surface area contributed by atoms with E-state index in [2.05, 4.69) is 29.4 Å². The minimum atomic E-state index is -0.534. The summed E-state index contributed by atoms with van der Waals surface area (Å²) in [5.74, 6) is -1.06. The van der Waals surface area contributed by atoms with Gasteiger partial charge in [-0.1, -0.05) is 27.2 Å². The molecule has 2 N–H and O–H groups in total. The van der Waals surface area contributed by atoms with E-state index in [9.17, 15) is 9.59 Å². The van der Waals surface area contributed by atoms with Gasteiger partial charge in [0.15, 0.2) is 0 Å². The van der Waals surface area contributed by atoms with E-state index in [-0.39, 0.29) is 0 Å². The number of nitrogens with one attached hydrogen (secondary N) is 2. The molecule has 0 aromatic rings. The first-order valence-corrected chi connectivity index (χ1v) is 6.44. The van der Waals surface area contributed by atoms with Gasteiger partial charge in [-0.3, -0.25) is 9.59 Å². The van der Waals surface area contributed by atoms with Gasteiger partial charge in [-0.15, -0.1) is 0 Å². The van der Waals surface area contributed by atoms with Crippen LogP contribution in [0.1, 0.15) is 33.6 Å². The van der Waals surface area contributed by atoms with Crippen LogP contribution in [-0.4, -0.2) is 49.4 Å². The molecular weight excluding hydrogens is 218 g/mol. The Balaban J connectivity index is 3.67. The Morgan fingerprint density at radius 1 is 0.941 bits per heavy atom. The molecule has 5 nitrogen and oxygen atoms in total. The molecule has 0 bridgehead atoms. The van der Waals surface area contributed by atoms with Crippen LogP contribution in [0.15, 0.2) is 0 Å². The van der Waals surface area contributed by atoms with E-state index in [4.69, 9.17) is 0 Å². The van der Waals surface area contributed by atoms with E-state index < -0.39 is 11.8 Å². The van der Waals surface area contributed by atoms with Gasteiger partial charge in [0.25, 0.3) is 0 Å². The minimum absolute atomic E-state index is 0.516. The van der Waals surface area contributed by atoms with Gasteiger partial charge < -0.3 is 15.5 Å². The Labute approximate surface area is 104 Å². The first-order chi connectivity index (χ1) is 8.15. The van der Waals surface area contributed by atoms with Crippen LogP contribution in [0.25, 0.3) is 0 Å². The van der Waals surface area contributed by atoms with Crippen LogP contribution in [0.4, 0.5) is 0 Å². The third-order valence-electron chi connectivity index (χ3n) is 2.63. The standard InChI is InChI=1S/C12H25N3O2/c1-4-7-8-13-11(16)12(17)14-9-10-15(5-2)6-3/h4-10H2,1-3H3,(H,13,16)(H,14,17). The third kappa shape index (κ3) is 7.74. The summed E-state index contributed by atoms with van der Waals surface area (Å²) in [4.78, 5) is 24.8. The third-order valence-corrected chi connectivity index (χ3v) is 2.63. The highest BCUT2D eigenvalue weighted by atomic mass is 16.2. The summed E-state index contributed by atoms with van der Waals surface area (Å²) < 4.78 is 0. The molecule has 0 aliphatic heterocycles. The monoisotopic (exact) mass is 243 g/mol. The fraction of sp³-hybridized carbons (Fsp3) is 0.833. The topological polar surface area (TPSA) is 61.4 Å². The zero-order valence-electron chi connectivity index (χ0n) is 11.2. The second kappa shape index (κ2) is 10.1. The molecule has 0 atom stereocenters. The summed E-state index contributed by atoms with van der Waals surface area (Å²) in [6.07, 6.45) is 1.91. The van der Waals surface area contributed by atoms with Gasteiger partial charge in [-0.2, -0.15) is 0 Å². The Hall–Kier alpha value is -1.10. The van der Waals surface area contributed by atoms with E-state index in [1.54, 1.807) is 0 Å². The van der Waals surface area contributed by atoms with E-state index >= 15 is 0 Å². The quantitative estimate of drug-likeness (QED) is 0.478. The van der Waals surface area contributed by atoms with Crippen molar-refractivity contribution in [2.45, 2.75) is 33.6 Å². The first kappa shape index (κ1) is 15.9. The average Bonchev–Trinajstić information content (AvgIpc) is 2.34. The number of carbonyl (C=O) groups is 2. The summed E-state index contributed by atoms with van der Waals surface area (Å²) in [5.41, 5.74) is 0. The van der Waals surface area contributed by atoms with Gasteiger partial charge in [-0.05, 0) is 19.5 Å². The van der Waals surface area contributed by atoms with E-state index in [1.165, 1.54) is 0 Å². The number of likely N-dealkylation sites (N-methyl/N-ethyl adjacent to an activating group) is 1. The lowest BCUT2D eigenvalue weighted by Crippen LogP contribution is -2.43. The van der Waals surface area contributed by atoms with Crippen molar-refractivity contribution in [1.82, 2.24) is 15.5 Å².